The highest BCUT2D eigenvalue weighted by molar-refractivity contribution is 5.88. The summed E-state index contributed by atoms with van der Waals surface area (Å²) in [5.41, 5.74) is 5.53. The normalized spacial score (nSPS) is 42.3. The van der Waals surface area contributed by atoms with Gasteiger partial charge in [-0.1, -0.05) is 18.2 Å². The highest BCUT2D eigenvalue weighted by Crippen LogP contribution is 2.59. The van der Waals surface area contributed by atoms with E-state index in [1.165, 1.54) is 0 Å². The number of carbonyl (C=O) groups excluding carboxylic acids is 3. The second-order valence-electron chi connectivity index (χ2n) is 14.9. The Morgan fingerprint density at radius 3 is 2.77 bits per heavy atom. The van der Waals surface area contributed by atoms with Gasteiger partial charge in [-0.05, 0) is 57.8 Å². The molecule has 1 spiro atoms. The van der Waals surface area contributed by atoms with Crippen molar-refractivity contribution in [3.05, 3.63) is 23.8 Å². The van der Waals surface area contributed by atoms with Crippen LogP contribution in [0.5, 0.6) is 0 Å². The smallest absolute Gasteiger partial charge is 0.334 e. The first-order valence-electron chi connectivity index (χ1n) is 17.1. The van der Waals surface area contributed by atoms with Crippen LogP contribution >= 0.6 is 0 Å². The lowest BCUT2D eigenvalue weighted by Crippen LogP contribution is -2.96. The molecule has 0 aromatic carbocycles. The molecule has 4 saturated heterocycles. The highest BCUT2D eigenvalue weighted by atomic mass is 16.6. The molecule has 0 radical (unpaired) electrons. The minimum absolute atomic E-state index is 0.0581. The summed E-state index contributed by atoms with van der Waals surface area (Å²) in [6.07, 6.45) is 11.6. The number of rotatable bonds is 7. The lowest BCUT2D eigenvalue weighted by atomic mass is 9.58. The van der Waals surface area contributed by atoms with Crippen molar-refractivity contribution in [2.45, 2.75) is 102 Å². The maximum absolute atomic E-state index is 13.5. The first-order valence-corrected chi connectivity index (χ1v) is 17.1. The number of quaternary nitrogens is 2. The van der Waals surface area contributed by atoms with Crippen molar-refractivity contribution in [3.8, 4) is 0 Å². The summed E-state index contributed by atoms with van der Waals surface area (Å²) in [6, 6.07) is 0. The maximum atomic E-state index is 13.5. The van der Waals surface area contributed by atoms with Gasteiger partial charge < -0.3 is 29.7 Å². The van der Waals surface area contributed by atoms with E-state index in [1.54, 1.807) is 13.0 Å². The molecular formula is C34H54N4O6+2. The molecule has 6 N–H and O–H groups in total. The molecule has 4 aliphatic heterocycles. The lowest BCUT2D eigenvalue weighted by Gasteiger charge is -2.54. The van der Waals surface area contributed by atoms with Crippen LogP contribution in [0.3, 0.4) is 0 Å². The molecule has 5 fully saturated rings. The molecule has 1 saturated carbocycles. The zero-order valence-corrected chi connectivity index (χ0v) is 27.0. The van der Waals surface area contributed by atoms with E-state index in [1.807, 2.05) is 11.8 Å². The number of hydrogen-bond acceptors (Lipinski definition) is 7. The minimum Gasteiger partial charge on any atom is -0.462 e. The average molecular weight is 615 g/mol. The summed E-state index contributed by atoms with van der Waals surface area (Å²) in [4.78, 5) is 41.1. The Morgan fingerprint density at radius 1 is 1.23 bits per heavy atom. The number of carbonyl (C=O) groups is 3. The van der Waals surface area contributed by atoms with Crippen molar-refractivity contribution in [2.24, 2.45) is 41.2 Å². The topological polar surface area (TPSA) is 141 Å². The number of likely N-dealkylation sites (tertiary alicyclic amines) is 1. The van der Waals surface area contributed by atoms with Gasteiger partial charge in [0.2, 0.25) is 5.91 Å². The molecule has 10 unspecified atom stereocenters. The molecule has 244 valence electrons. The van der Waals surface area contributed by atoms with Gasteiger partial charge in [-0.15, -0.1) is 0 Å². The first kappa shape index (κ1) is 31.7. The van der Waals surface area contributed by atoms with Gasteiger partial charge >= 0.3 is 11.9 Å². The number of esters is 2. The second kappa shape index (κ2) is 12.5. The predicted octanol–water partition coefficient (Wildman–Crippen LogP) is 0.616. The van der Waals surface area contributed by atoms with Gasteiger partial charge in [0, 0.05) is 68.5 Å². The summed E-state index contributed by atoms with van der Waals surface area (Å²) < 4.78 is 19.6. The molecule has 0 aromatic rings. The number of amides is 1. The monoisotopic (exact) mass is 614 g/mol. The predicted molar refractivity (Wildman–Crippen MR) is 162 cm³/mol. The van der Waals surface area contributed by atoms with Crippen molar-refractivity contribution in [3.63, 3.8) is 0 Å². The van der Waals surface area contributed by atoms with E-state index in [-0.39, 0.29) is 54.0 Å². The van der Waals surface area contributed by atoms with E-state index in [0.717, 1.165) is 51.9 Å². The van der Waals surface area contributed by atoms with Crippen LogP contribution in [-0.2, 0) is 28.6 Å². The number of piperidine rings is 1. The van der Waals surface area contributed by atoms with Crippen LogP contribution in [0, 0.1) is 35.5 Å². The summed E-state index contributed by atoms with van der Waals surface area (Å²) in [7, 11) is 2.08. The highest BCUT2D eigenvalue weighted by Gasteiger charge is 2.66. The third kappa shape index (κ3) is 5.76. The van der Waals surface area contributed by atoms with E-state index in [2.05, 4.69) is 36.8 Å². The van der Waals surface area contributed by atoms with Gasteiger partial charge in [0.1, 0.15) is 23.5 Å². The van der Waals surface area contributed by atoms with Gasteiger partial charge in [0.15, 0.2) is 0 Å². The van der Waals surface area contributed by atoms with E-state index in [4.69, 9.17) is 19.9 Å². The number of nitrogens with two attached hydrogens (primary N) is 3. The third-order valence-electron chi connectivity index (χ3n) is 12.1. The molecule has 6 aliphatic rings. The summed E-state index contributed by atoms with van der Waals surface area (Å²) in [6.45, 7) is 9.22. The van der Waals surface area contributed by atoms with Crippen LogP contribution in [0.25, 0.3) is 0 Å². The Hall–Kier alpha value is -2.27. The molecule has 10 atom stereocenters. The zero-order valence-electron chi connectivity index (χ0n) is 27.0. The largest absolute Gasteiger partial charge is 0.462 e. The van der Waals surface area contributed by atoms with Crippen LogP contribution in [-0.4, -0.2) is 85.5 Å². The van der Waals surface area contributed by atoms with Crippen LogP contribution < -0.4 is 16.4 Å². The van der Waals surface area contributed by atoms with Crippen LogP contribution in [0.2, 0.25) is 0 Å². The van der Waals surface area contributed by atoms with Gasteiger partial charge in [-0.2, -0.15) is 0 Å². The molecule has 2 aliphatic carbocycles. The fraction of sp³-hybridized carbons (Fsp3) is 0.794. The summed E-state index contributed by atoms with van der Waals surface area (Å²) in [5, 5.41) is 4.37. The lowest BCUT2D eigenvalue weighted by molar-refractivity contribution is -0.706. The number of nitrogens with zero attached hydrogens (tertiary/aromatic N) is 1. The molecule has 44 heavy (non-hydrogen) atoms. The van der Waals surface area contributed by atoms with Gasteiger partial charge in [-0.3, -0.25) is 15.3 Å². The molecule has 10 heteroatoms. The molecule has 6 rings (SSSR count). The fourth-order valence-electron chi connectivity index (χ4n) is 9.46. The van der Waals surface area contributed by atoms with E-state index in [9.17, 15) is 14.4 Å². The first-order chi connectivity index (χ1) is 21.1. The zero-order chi connectivity index (χ0) is 31.2. The summed E-state index contributed by atoms with van der Waals surface area (Å²) in [5.74, 6) is 1.19. The molecule has 0 bridgehead atoms. The Morgan fingerprint density at radius 2 is 2.02 bits per heavy atom. The van der Waals surface area contributed by atoms with Crippen molar-refractivity contribution in [1.29, 1.82) is 0 Å². The van der Waals surface area contributed by atoms with Crippen LogP contribution in [0.15, 0.2) is 23.8 Å². The SMILES string of the molecule is CC=C(C)C(=O)OC1(C)CC=CC(C2CC(N)[NH2+]CC2CC(=O)N2CC(C[NH2+]C)C2)C12CC1CC3CCC(=O)OC3CC1O2. The Balaban J connectivity index is 1.30. The maximum Gasteiger partial charge on any atom is 0.334 e. The molecular weight excluding hydrogens is 560 g/mol. The standard InChI is InChI=1S/C34H52N4O6/c1-5-20(2)32(41)44-33(3)10-6-7-26(34(33)15-23-11-22-8-9-31(40)42-27(22)14-28(23)43-34)25-13-29(35)37-17-24(25)12-30(39)38-18-21(19-38)16-36-4/h5-7,21-29,36-37H,8-19,35H2,1-4H3/p+2. The Kier molecular flexibility index (Phi) is 9.00. The minimum atomic E-state index is -0.895. The van der Waals surface area contributed by atoms with Gasteiger partial charge in [-0.25, -0.2) is 4.79 Å². The molecule has 10 nitrogen and oxygen atoms in total. The van der Waals surface area contributed by atoms with E-state index in [0.29, 0.717) is 49.0 Å². The van der Waals surface area contributed by atoms with Crippen molar-refractivity contribution in [1.82, 2.24) is 4.90 Å². The van der Waals surface area contributed by atoms with Gasteiger partial charge in [0.05, 0.1) is 26.2 Å². The number of hydrogen-bond donors (Lipinski definition) is 3. The van der Waals surface area contributed by atoms with Crippen LogP contribution in [0.1, 0.15) is 72.1 Å². The molecule has 1 amide bonds. The number of allylic oxidation sites excluding steroid dienone is 1. The number of fused-ring (bicyclic) bond motifs is 2. The van der Waals surface area contributed by atoms with Crippen molar-refractivity contribution >= 4 is 17.8 Å². The van der Waals surface area contributed by atoms with Crippen LogP contribution in [0.4, 0.5) is 0 Å². The molecule has 4 heterocycles. The van der Waals surface area contributed by atoms with E-state index < -0.39 is 11.2 Å². The summed E-state index contributed by atoms with van der Waals surface area (Å²) >= 11 is 0. The third-order valence-corrected chi connectivity index (χ3v) is 12.1. The average Bonchev–Trinajstić information content (AvgIpc) is 3.34. The number of ether oxygens (including phenoxy) is 3. The van der Waals surface area contributed by atoms with Crippen molar-refractivity contribution < 1.29 is 39.2 Å². The van der Waals surface area contributed by atoms with Gasteiger partial charge in [0.25, 0.3) is 0 Å². The van der Waals surface area contributed by atoms with E-state index >= 15 is 0 Å². The van der Waals surface area contributed by atoms with Crippen molar-refractivity contribution in [2.75, 3.05) is 33.2 Å². The Labute approximate surface area is 261 Å². The Bertz CT molecular complexity index is 1180. The quantitative estimate of drug-likeness (QED) is 0.217. The second-order valence-corrected chi connectivity index (χ2v) is 14.9. The molecule has 0 aromatic heterocycles. The fourth-order valence-corrected chi connectivity index (χ4v) is 9.46.